The lowest BCUT2D eigenvalue weighted by Crippen LogP contribution is -2.32. The van der Waals surface area contributed by atoms with Crippen LogP contribution in [0.5, 0.6) is 0 Å². The van der Waals surface area contributed by atoms with Crippen LogP contribution in [0.25, 0.3) is 0 Å². The normalized spacial score (nSPS) is 18.4. The van der Waals surface area contributed by atoms with Gasteiger partial charge in [0.05, 0.1) is 23.9 Å². The first-order valence-electron chi connectivity index (χ1n) is 10.4. The minimum absolute atomic E-state index is 0.0859. The van der Waals surface area contributed by atoms with Gasteiger partial charge in [-0.2, -0.15) is 0 Å². The number of carbonyl (C=O) groups is 2. The van der Waals surface area contributed by atoms with Crippen molar-refractivity contribution in [1.82, 2.24) is 0 Å². The molecule has 2 atom stereocenters. The van der Waals surface area contributed by atoms with Gasteiger partial charge in [0.25, 0.3) is 0 Å². The summed E-state index contributed by atoms with van der Waals surface area (Å²) in [5.74, 6) is -0.990. The van der Waals surface area contributed by atoms with Crippen molar-refractivity contribution in [3.05, 3.63) is 76.0 Å². The van der Waals surface area contributed by atoms with Gasteiger partial charge in [0.2, 0.25) is 21.8 Å². The van der Waals surface area contributed by atoms with E-state index in [-0.39, 0.29) is 18.2 Å². The molecule has 3 aromatic rings. The van der Waals surface area contributed by atoms with Crippen LogP contribution in [0.3, 0.4) is 0 Å². The van der Waals surface area contributed by atoms with Crippen molar-refractivity contribution in [3.8, 4) is 0 Å². The van der Waals surface area contributed by atoms with Crippen LogP contribution in [0.2, 0.25) is 0 Å². The minimum Gasteiger partial charge on any atom is -0.326 e. The maximum Gasteiger partial charge on any atom is 0.230 e. The summed E-state index contributed by atoms with van der Waals surface area (Å²) in [5, 5.41) is 4.82. The highest BCUT2D eigenvalue weighted by Crippen LogP contribution is 2.43. The molecule has 2 N–H and O–H groups in total. The van der Waals surface area contributed by atoms with E-state index in [1.165, 1.54) is 11.3 Å². The third-order valence-corrected chi connectivity index (χ3v) is 7.14. The second kappa shape index (κ2) is 8.99. The minimum atomic E-state index is -3.46. The number of amides is 2. The molecule has 0 spiro atoms. The third kappa shape index (κ3) is 5.09. The Morgan fingerprint density at radius 2 is 1.82 bits per heavy atom. The zero-order valence-corrected chi connectivity index (χ0v) is 20.2. The van der Waals surface area contributed by atoms with Gasteiger partial charge in [-0.25, -0.2) is 8.42 Å². The highest BCUT2D eigenvalue weighted by Gasteiger charge is 2.45. The Bertz CT molecular complexity index is 1290. The van der Waals surface area contributed by atoms with Crippen LogP contribution in [0, 0.1) is 19.8 Å². The van der Waals surface area contributed by atoms with Gasteiger partial charge in [-0.3, -0.25) is 14.3 Å². The van der Waals surface area contributed by atoms with E-state index in [1.807, 2.05) is 48.7 Å². The molecule has 172 valence electrons. The lowest BCUT2D eigenvalue weighted by molar-refractivity contribution is -0.122. The first-order valence-corrected chi connectivity index (χ1v) is 13.2. The number of hydrogen-bond acceptors (Lipinski definition) is 5. The van der Waals surface area contributed by atoms with Crippen molar-refractivity contribution in [2.75, 3.05) is 21.2 Å². The number of benzene rings is 2. The summed E-state index contributed by atoms with van der Waals surface area (Å²) < 4.78 is 25.8. The summed E-state index contributed by atoms with van der Waals surface area (Å²) >= 11 is 1.51. The molecule has 4 rings (SSSR count). The molecule has 0 aliphatic carbocycles. The molecule has 1 aliphatic rings. The number of rotatable bonds is 6. The summed E-state index contributed by atoms with van der Waals surface area (Å²) in [7, 11) is -3.46. The average Bonchev–Trinajstić information content (AvgIpc) is 3.38. The first-order chi connectivity index (χ1) is 15.6. The number of aryl methyl sites for hydroxylation is 2. The van der Waals surface area contributed by atoms with Crippen molar-refractivity contribution < 1.29 is 18.0 Å². The number of thiophene rings is 1. The monoisotopic (exact) mass is 483 g/mol. The molecular formula is C24H25N3O4S2. The van der Waals surface area contributed by atoms with E-state index < -0.39 is 22.0 Å². The fraction of sp³-hybridized carbons (Fsp3) is 0.250. The second-order valence-corrected chi connectivity index (χ2v) is 11.0. The Balaban J connectivity index is 1.64. The van der Waals surface area contributed by atoms with Crippen LogP contribution >= 0.6 is 11.3 Å². The van der Waals surface area contributed by atoms with Crippen LogP contribution < -0.4 is 14.9 Å². The topological polar surface area (TPSA) is 95.6 Å². The molecule has 1 aromatic heterocycles. The molecule has 33 heavy (non-hydrogen) atoms. The molecular weight excluding hydrogens is 458 g/mol. The zero-order chi connectivity index (χ0) is 23.8. The molecule has 2 unspecified atom stereocenters. The van der Waals surface area contributed by atoms with E-state index in [9.17, 15) is 18.0 Å². The Morgan fingerprint density at radius 3 is 2.45 bits per heavy atom. The zero-order valence-electron chi connectivity index (χ0n) is 18.5. The smallest absolute Gasteiger partial charge is 0.230 e. The van der Waals surface area contributed by atoms with Gasteiger partial charge in [-0.1, -0.05) is 29.8 Å². The number of carbonyl (C=O) groups excluding carboxylic acids is 2. The van der Waals surface area contributed by atoms with E-state index in [0.717, 1.165) is 27.9 Å². The number of nitrogens with zero attached hydrogens (tertiary/aromatic N) is 1. The average molecular weight is 484 g/mol. The summed E-state index contributed by atoms with van der Waals surface area (Å²) in [5.41, 5.74) is 3.44. The highest BCUT2D eigenvalue weighted by molar-refractivity contribution is 7.92. The molecule has 1 saturated heterocycles. The summed E-state index contributed by atoms with van der Waals surface area (Å²) in [4.78, 5) is 29.1. The highest BCUT2D eigenvalue weighted by atomic mass is 32.2. The van der Waals surface area contributed by atoms with Gasteiger partial charge >= 0.3 is 0 Å². The molecule has 2 aromatic carbocycles. The van der Waals surface area contributed by atoms with Crippen LogP contribution in [0.15, 0.2) is 60.0 Å². The molecule has 2 heterocycles. The lowest BCUT2D eigenvalue weighted by atomic mass is 9.97. The standard InChI is InChI=1S/C24H25N3O4S2/c1-15-6-10-18(11-7-15)27-22(28)14-19(23(27)21-5-4-12-32-21)24(29)25-17-9-8-16(2)20(13-17)26-33(3,30)31/h4-13,19,23,26H,14H2,1-3H3,(H,25,29). The van der Waals surface area contributed by atoms with E-state index >= 15 is 0 Å². The third-order valence-electron chi connectivity index (χ3n) is 5.61. The molecule has 9 heteroatoms. The quantitative estimate of drug-likeness (QED) is 0.541. The fourth-order valence-corrected chi connectivity index (χ4v) is 5.51. The maximum absolute atomic E-state index is 13.4. The number of sulfonamides is 1. The van der Waals surface area contributed by atoms with Crippen LogP contribution in [0.4, 0.5) is 17.1 Å². The SMILES string of the molecule is Cc1ccc(N2C(=O)CC(C(=O)Nc3ccc(C)c(NS(C)(=O)=O)c3)C2c2cccs2)cc1. The number of anilines is 3. The number of hydrogen-bond donors (Lipinski definition) is 2. The fourth-order valence-electron chi connectivity index (χ4n) is 4.01. The summed E-state index contributed by atoms with van der Waals surface area (Å²) in [6, 6.07) is 16.2. The molecule has 0 radical (unpaired) electrons. The van der Waals surface area contributed by atoms with Gasteiger partial charge in [0.1, 0.15) is 0 Å². The molecule has 1 fully saturated rings. The Kier molecular flexibility index (Phi) is 6.27. The van der Waals surface area contributed by atoms with E-state index in [1.54, 1.807) is 30.0 Å². The maximum atomic E-state index is 13.4. The summed E-state index contributed by atoms with van der Waals surface area (Å²) in [6.45, 7) is 3.76. The predicted molar refractivity (Wildman–Crippen MR) is 132 cm³/mol. The van der Waals surface area contributed by atoms with E-state index in [4.69, 9.17) is 0 Å². The van der Waals surface area contributed by atoms with Crippen molar-refractivity contribution in [1.29, 1.82) is 0 Å². The summed E-state index contributed by atoms with van der Waals surface area (Å²) in [6.07, 6.45) is 1.16. The van der Waals surface area contributed by atoms with Gasteiger partial charge in [0.15, 0.2) is 0 Å². The largest absolute Gasteiger partial charge is 0.326 e. The molecule has 0 saturated carbocycles. The first kappa shape index (κ1) is 23.0. The Morgan fingerprint density at radius 1 is 1.09 bits per heavy atom. The van der Waals surface area contributed by atoms with Gasteiger partial charge in [0, 0.05) is 22.7 Å². The van der Waals surface area contributed by atoms with E-state index in [2.05, 4.69) is 10.0 Å². The van der Waals surface area contributed by atoms with Gasteiger partial charge in [-0.05, 0) is 55.1 Å². The second-order valence-electron chi connectivity index (χ2n) is 8.26. The Hall–Kier alpha value is -3.17. The molecule has 1 aliphatic heterocycles. The van der Waals surface area contributed by atoms with Crippen LogP contribution in [0.1, 0.15) is 28.5 Å². The van der Waals surface area contributed by atoms with E-state index in [0.29, 0.717) is 11.4 Å². The van der Waals surface area contributed by atoms with Gasteiger partial charge < -0.3 is 10.2 Å². The Labute approximate surface area is 197 Å². The molecule has 7 nitrogen and oxygen atoms in total. The van der Waals surface area contributed by atoms with Crippen molar-refractivity contribution in [2.24, 2.45) is 5.92 Å². The molecule has 2 amide bonds. The van der Waals surface area contributed by atoms with Crippen molar-refractivity contribution in [2.45, 2.75) is 26.3 Å². The van der Waals surface area contributed by atoms with Crippen LogP contribution in [-0.4, -0.2) is 26.5 Å². The van der Waals surface area contributed by atoms with Crippen molar-refractivity contribution >= 4 is 50.2 Å². The lowest BCUT2D eigenvalue weighted by Gasteiger charge is -2.27. The number of nitrogens with one attached hydrogen (secondary N) is 2. The van der Waals surface area contributed by atoms with Gasteiger partial charge in [-0.15, -0.1) is 11.3 Å². The van der Waals surface area contributed by atoms with Crippen LogP contribution in [-0.2, 0) is 19.6 Å². The van der Waals surface area contributed by atoms with Crippen molar-refractivity contribution in [3.63, 3.8) is 0 Å². The molecule has 0 bridgehead atoms. The predicted octanol–water partition coefficient (Wildman–Crippen LogP) is 4.47.